The molecule has 1 aromatic rings. The van der Waals surface area contributed by atoms with Gasteiger partial charge in [-0.3, -0.25) is 0 Å². The van der Waals surface area contributed by atoms with Crippen LogP contribution in [0.1, 0.15) is 219 Å². The molecule has 1 aliphatic rings. The lowest BCUT2D eigenvalue weighted by Crippen LogP contribution is -2.15. The van der Waals surface area contributed by atoms with Crippen LogP contribution in [0, 0.1) is 48.3 Å². The number of nitrogens with zero attached hydrogens (tertiary/aromatic N) is 2. The Morgan fingerprint density at radius 1 is 0.463 bits per heavy atom. The zero-order chi connectivity index (χ0) is 39.2. The molecule has 54 heavy (non-hydrogen) atoms. The summed E-state index contributed by atoms with van der Waals surface area (Å²) in [5.74, 6) is 2.95. The molecule has 0 aliphatic carbocycles. The number of fused-ring (bicyclic) bond motifs is 1. The summed E-state index contributed by atoms with van der Waals surface area (Å²) >= 11 is 3.08. The van der Waals surface area contributed by atoms with Crippen molar-refractivity contribution in [2.75, 3.05) is 13.2 Å². The van der Waals surface area contributed by atoms with Crippen LogP contribution in [0.3, 0.4) is 0 Å². The molecule has 0 fully saturated rings. The number of allylic oxidation sites excluding steroid dienone is 1. The fourth-order valence-electron chi connectivity index (χ4n) is 7.72. The van der Waals surface area contributed by atoms with Gasteiger partial charge in [-0.25, -0.2) is 0 Å². The van der Waals surface area contributed by atoms with Gasteiger partial charge >= 0.3 is 0 Å². The third-order valence-electron chi connectivity index (χ3n) is 11.5. The Labute approximate surface area is 342 Å². The average molecular weight is 781 g/mol. The first-order valence-electron chi connectivity index (χ1n) is 22.8. The topological polar surface area (TPSA) is 66.0 Å². The summed E-state index contributed by atoms with van der Waals surface area (Å²) in [4.78, 5) is 2.08. The van der Waals surface area contributed by atoms with E-state index in [9.17, 15) is 10.5 Å². The lowest BCUT2D eigenvalue weighted by Gasteiger charge is -2.24. The van der Waals surface area contributed by atoms with Crippen molar-refractivity contribution in [1.82, 2.24) is 0 Å². The van der Waals surface area contributed by atoms with E-state index in [0.29, 0.717) is 11.8 Å². The second-order valence-corrected chi connectivity index (χ2v) is 18.5. The molecule has 0 N–H and O–H groups in total. The third kappa shape index (κ3) is 18.9. The number of hydrogen-bond donors (Lipinski definition) is 0. The van der Waals surface area contributed by atoms with E-state index in [-0.39, 0.29) is 5.57 Å². The fourth-order valence-corrected chi connectivity index (χ4v) is 10.4. The molecule has 0 radical (unpaired) electrons. The maximum atomic E-state index is 9.85. The molecular formula is C48H80N2O2S2. The number of unbranched alkanes of at least 4 members (excludes halogenated alkanes) is 20. The van der Waals surface area contributed by atoms with Gasteiger partial charge in [-0.2, -0.15) is 10.5 Å². The van der Waals surface area contributed by atoms with Crippen molar-refractivity contribution in [3.05, 3.63) is 20.9 Å². The molecule has 0 aromatic heterocycles. The number of thioether (sulfide) groups is 2. The highest BCUT2D eigenvalue weighted by Gasteiger charge is 2.32. The molecular weight excluding hydrogens is 701 g/mol. The van der Waals surface area contributed by atoms with Crippen LogP contribution in [-0.2, 0) is 0 Å². The Bertz CT molecular complexity index is 1140. The van der Waals surface area contributed by atoms with Crippen LogP contribution < -0.4 is 9.47 Å². The highest BCUT2D eigenvalue weighted by atomic mass is 32.2. The normalized spacial score (nSPS) is 12.4. The predicted molar refractivity (Wildman–Crippen MR) is 236 cm³/mol. The molecule has 0 atom stereocenters. The van der Waals surface area contributed by atoms with Crippen molar-refractivity contribution >= 4 is 23.5 Å². The number of hydrogen-bond acceptors (Lipinski definition) is 6. The third-order valence-corrected chi connectivity index (χ3v) is 14.1. The number of benzene rings is 1. The maximum absolute atomic E-state index is 9.85. The second-order valence-electron chi connectivity index (χ2n) is 16.2. The van der Waals surface area contributed by atoms with Crippen LogP contribution in [0.5, 0.6) is 11.5 Å². The largest absolute Gasteiger partial charge is 0.492 e. The minimum atomic E-state index is 0.182. The molecule has 0 bridgehead atoms. The van der Waals surface area contributed by atoms with E-state index in [2.05, 4.69) is 53.7 Å². The van der Waals surface area contributed by atoms with Crippen molar-refractivity contribution in [1.29, 1.82) is 10.5 Å². The van der Waals surface area contributed by atoms with E-state index in [0.717, 1.165) is 49.9 Å². The molecule has 1 heterocycles. The maximum Gasteiger partial charge on any atom is 0.150 e. The zero-order valence-electron chi connectivity index (χ0n) is 35.9. The van der Waals surface area contributed by atoms with Gasteiger partial charge in [-0.15, -0.1) is 0 Å². The number of ether oxygens (including phenoxy) is 2. The van der Waals surface area contributed by atoms with Crippen LogP contribution >= 0.6 is 23.5 Å². The van der Waals surface area contributed by atoms with Crippen LogP contribution in [0.4, 0.5) is 0 Å². The van der Waals surface area contributed by atoms with E-state index < -0.39 is 0 Å². The Kier molecular flexibility index (Phi) is 28.1. The molecule has 1 aromatic carbocycles. The molecule has 4 nitrogen and oxygen atoms in total. The van der Waals surface area contributed by atoms with Crippen molar-refractivity contribution < 1.29 is 9.47 Å². The van der Waals surface area contributed by atoms with Crippen LogP contribution in [0.15, 0.2) is 19.6 Å². The van der Waals surface area contributed by atoms with Crippen molar-refractivity contribution in [3.63, 3.8) is 0 Å². The monoisotopic (exact) mass is 781 g/mol. The summed E-state index contributed by atoms with van der Waals surface area (Å²) in [7, 11) is 0. The molecule has 0 saturated heterocycles. The highest BCUT2D eigenvalue weighted by molar-refractivity contribution is 8.24. The smallest absolute Gasteiger partial charge is 0.150 e. The van der Waals surface area contributed by atoms with Gasteiger partial charge in [0.2, 0.25) is 0 Å². The summed E-state index contributed by atoms with van der Waals surface area (Å²) in [5, 5.41) is 19.7. The summed E-state index contributed by atoms with van der Waals surface area (Å²) < 4.78 is 14.5. The minimum absolute atomic E-state index is 0.182. The van der Waals surface area contributed by atoms with Gasteiger partial charge in [0.1, 0.15) is 29.2 Å². The van der Waals surface area contributed by atoms with Crippen LogP contribution in [0.2, 0.25) is 0 Å². The standard InChI is InChI=1S/C48H80N2O2S2/c1-7-11-15-19-23-27-31-41(32-28-24-20-16-12-8-2)37-51-44-39(5)40(6)45(47-46(44)53-48(54-47)43(35-49)36-50)52-38-42(33-29-25-21-17-13-9-3)34-30-26-22-18-14-10-4/h41-42H,7-34,37-38H2,1-6H3. The molecule has 306 valence electrons. The first-order chi connectivity index (χ1) is 26.4. The predicted octanol–water partition coefficient (Wildman–Crippen LogP) is 16.8. The van der Waals surface area contributed by atoms with Gasteiger partial charge in [0.25, 0.3) is 0 Å². The Hall–Kier alpha value is -1.76. The Morgan fingerprint density at radius 3 is 1.02 bits per heavy atom. The summed E-state index contributed by atoms with van der Waals surface area (Å²) in [6, 6.07) is 4.32. The van der Waals surface area contributed by atoms with Crippen molar-refractivity contribution in [3.8, 4) is 23.6 Å². The lowest BCUT2D eigenvalue weighted by molar-refractivity contribution is 0.209. The fraction of sp³-hybridized carbons (Fsp3) is 0.792. The van der Waals surface area contributed by atoms with Crippen molar-refractivity contribution in [2.24, 2.45) is 11.8 Å². The zero-order valence-corrected chi connectivity index (χ0v) is 37.5. The molecule has 0 saturated carbocycles. The summed E-state index contributed by atoms with van der Waals surface area (Å²) in [6.07, 6.45) is 36.6. The van der Waals surface area contributed by atoms with Gasteiger partial charge in [0.05, 0.1) is 27.2 Å². The second kappa shape index (κ2) is 31.3. The van der Waals surface area contributed by atoms with E-state index in [1.807, 2.05) is 0 Å². The first kappa shape index (κ1) is 48.4. The molecule has 0 unspecified atom stereocenters. The summed E-state index contributed by atoms with van der Waals surface area (Å²) in [5.41, 5.74) is 2.45. The highest BCUT2D eigenvalue weighted by Crippen LogP contribution is 2.61. The van der Waals surface area contributed by atoms with Gasteiger partial charge in [-0.05, 0) is 62.5 Å². The average Bonchev–Trinajstić information content (AvgIpc) is 3.61. The van der Waals surface area contributed by atoms with Crippen molar-refractivity contribution in [2.45, 2.75) is 231 Å². The van der Waals surface area contributed by atoms with Crippen LogP contribution in [-0.4, -0.2) is 13.2 Å². The van der Waals surface area contributed by atoms with E-state index in [4.69, 9.17) is 9.47 Å². The van der Waals surface area contributed by atoms with Gasteiger partial charge < -0.3 is 9.47 Å². The van der Waals surface area contributed by atoms with Gasteiger partial charge in [-0.1, -0.05) is 205 Å². The van der Waals surface area contributed by atoms with E-state index in [1.54, 1.807) is 23.5 Å². The SMILES string of the molecule is CCCCCCCCC(CCCCCCCC)COc1c(C)c(C)c(OCC(CCCCCCCC)CCCCCCCC)c2c1SC(=C(C#N)C#N)S2. The molecule has 1 aliphatic heterocycles. The minimum Gasteiger partial charge on any atom is -0.492 e. The van der Waals surface area contributed by atoms with E-state index >= 15 is 0 Å². The van der Waals surface area contributed by atoms with Crippen LogP contribution in [0.25, 0.3) is 0 Å². The van der Waals surface area contributed by atoms with Gasteiger partial charge in [0.15, 0.2) is 0 Å². The first-order valence-corrected chi connectivity index (χ1v) is 24.4. The van der Waals surface area contributed by atoms with E-state index in [1.165, 1.54) is 180 Å². The molecule has 2 rings (SSSR count). The quantitative estimate of drug-likeness (QED) is 0.0512. The molecule has 6 heteroatoms. The lowest BCUT2D eigenvalue weighted by atomic mass is 9.94. The number of rotatable bonds is 34. The number of nitriles is 2. The Morgan fingerprint density at radius 2 is 0.741 bits per heavy atom. The molecule has 0 amide bonds. The molecule has 0 spiro atoms. The Balaban J connectivity index is 2.27. The van der Waals surface area contributed by atoms with Gasteiger partial charge in [0, 0.05) is 0 Å². The summed E-state index contributed by atoms with van der Waals surface area (Å²) in [6.45, 7) is 15.0.